The van der Waals surface area contributed by atoms with Gasteiger partial charge in [-0.3, -0.25) is 15.2 Å². The van der Waals surface area contributed by atoms with E-state index >= 15 is 0 Å². The van der Waals surface area contributed by atoms with Gasteiger partial charge in [0.05, 0.1) is 39.9 Å². The Morgan fingerprint density at radius 2 is 1.51 bits per heavy atom. The van der Waals surface area contributed by atoms with Crippen molar-refractivity contribution in [1.29, 1.82) is 5.26 Å². The van der Waals surface area contributed by atoms with Gasteiger partial charge in [-0.2, -0.15) is 5.26 Å². The van der Waals surface area contributed by atoms with E-state index in [1.54, 1.807) is 40.6 Å². The van der Waals surface area contributed by atoms with Crippen molar-refractivity contribution in [2.75, 3.05) is 48.6 Å². The van der Waals surface area contributed by atoms with E-state index in [2.05, 4.69) is 42.9 Å². The number of rotatable bonds is 14. The predicted molar refractivity (Wildman–Crippen MR) is 168 cm³/mol. The van der Waals surface area contributed by atoms with Crippen LogP contribution in [0.25, 0.3) is 0 Å². The van der Waals surface area contributed by atoms with E-state index in [0.717, 1.165) is 49.4 Å². The van der Waals surface area contributed by atoms with Gasteiger partial charge < -0.3 is 23.8 Å². The first kappa shape index (κ1) is 34.9. The van der Waals surface area contributed by atoms with E-state index in [-0.39, 0.29) is 11.8 Å². The number of hydrogen-bond donors (Lipinski definition) is 2. The van der Waals surface area contributed by atoms with Crippen LogP contribution < -0.4 is 30.2 Å². The van der Waals surface area contributed by atoms with Crippen molar-refractivity contribution in [3.05, 3.63) is 77.6 Å². The zero-order valence-corrected chi connectivity index (χ0v) is 26.3. The number of ether oxygens (including phenoxy) is 4. The quantitative estimate of drug-likeness (QED) is 0.154. The zero-order valence-electron chi connectivity index (χ0n) is 26.3. The second kappa shape index (κ2) is 17.6. The maximum absolute atomic E-state index is 10.7. The normalized spacial score (nSPS) is 11.9. The molecule has 0 bridgehead atoms. The number of aromatic nitrogens is 1. The van der Waals surface area contributed by atoms with E-state index < -0.39 is 5.41 Å². The summed E-state index contributed by atoms with van der Waals surface area (Å²) in [7, 11) is 8.67. The number of amides is 1. The highest BCUT2D eigenvalue weighted by Gasteiger charge is 2.36. The summed E-state index contributed by atoms with van der Waals surface area (Å²) in [5.41, 5.74) is 4.13. The Balaban J connectivity index is 0.000000543. The number of pyridine rings is 1. The molecule has 0 aliphatic rings. The highest BCUT2D eigenvalue weighted by atomic mass is 16.5. The topological polar surface area (TPSA) is 132 Å². The van der Waals surface area contributed by atoms with Crippen LogP contribution in [-0.2, 0) is 11.8 Å². The standard InChI is InChI=1S/C27H38N2O4.C6H7N3O/c1-20(2)27(19-28,22-10-12-24(31-5)26(18-22)33-7)14-8-15-29(3)16-13-21-9-11-23(30-4)25(17-21)32-6;7-9-6(10)5-1-3-8-4-2-5/h9-12,17-18,20H,8,13-16H2,1-7H3;1-4H,7H2,(H,9,10). The Morgan fingerprint density at radius 3 is 2.05 bits per heavy atom. The average molecular weight is 592 g/mol. The van der Waals surface area contributed by atoms with Gasteiger partial charge in [0.1, 0.15) is 0 Å². The molecule has 0 saturated heterocycles. The van der Waals surface area contributed by atoms with Crippen molar-refractivity contribution in [3.8, 4) is 29.1 Å². The Labute approximate surface area is 255 Å². The first-order valence-corrected chi connectivity index (χ1v) is 14.1. The molecule has 1 unspecified atom stereocenters. The van der Waals surface area contributed by atoms with Crippen molar-refractivity contribution in [2.45, 2.75) is 38.5 Å². The monoisotopic (exact) mass is 591 g/mol. The third-order valence-corrected chi connectivity index (χ3v) is 7.50. The number of nitrogens with two attached hydrogens (primary N) is 1. The molecule has 232 valence electrons. The minimum Gasteiger partial charge on any atom is -0.493 e. The van der Waals surface area contributed by atoms with Crippen molar-refractivity contribution < 1.29 is 23.7 Å². The van der Waals surface area contributed by atoms with E-state index in [4.69, 9.17) is 24.8 Å². The molecule has 0 spiro atoms. The van der Waals surface area contributed by atoms with Gasteiger partial charge in [-0.05, 0) is 86.3 Å². The fourth-order valence-electron chi connectivity index (χ4n) is 4.81. The highest BCUT2D eigenvalue weighted by Crippen LogP contribution is 2.40. The van der Waals surface area contributed by atoms with Crippen molar-refractivity contribution in [3.63, 3.8) is 0 Å². The molecule has 2 aromatic carbocycles. The fourth-order valence-corrected chi connectivity index (χ4v) is 4.81. The summed E-state index contributed by atoms with van der Waals surface area (Å²) < 4.78 is 21.6. The summed E-state index contributed by atoms with van der Waals surface area (Å²) in [6.07, 6.45) is 5.68. The molecule has 0 fully saturated rings. The minimum absolute atomic E-state index is 0.165. The molecule has 1 amide bonds. The lowest BCUT2D eigenvalue weighted by Gasteiger charge is -2.32. The lowest BCUT2D eigenvalue weighted by atomic mass is 9.69. The number of hydrogen-bond acceptors (Lipinski definition) is 9. The maximum Gasteiger partial charge on any atom is 0.265 e. The number of likely N-dealkylation sites (N-methyl/N-ethyl adjacent to an activating group) is 1. The molecule has 0 radical (unpaired) electrons. The van der Waals surface area contributed by atoms with Crippen LogP contribution in [0.4, 0.5) is 0 Å². The molecule has 10 heteroatoms. The van der Waals surface area contributed by atoms with Gasteiger partial charge >= 0.3 is 0 Å². The molecular weight excluding hydrogens is 546 g/mol. The maximum atomic E-state index is 10.7. The van der Waals surface area contributed by atoms with E-state index in [9.17, 15) is 10.1 Å². The van der Waals surface area contributed by atoms with Gasteiger partial charge in [0.25, 0.3) is 5.91 Å². The van der Waals surface area contributed by atoms with Crippen molar-refractivity contribution in [2.24, 2.45) is 11.8 Å². The summed E-state index contributed by atoms with van der Waals surface area (Å²) in [5, 5.41) is 10.2. The molecular formula is C33H45N5O5. The first-order valence-electron chi connectivity index (χ1n) is 14.1. The number of methoxy groups -OCH3 is 4. The van der Waals surface area contributed by atoms with E-state index in [1.165, 1.54) is 18.0 Å². The number of nitrogen functional groups attached to an aromatic ring is 1. The van der Waals surface area contributed by atoms with Crippen LogP contribution in [0, 0.1) is 17.2 Å². The number of hydrazine groups is 1. The fraction of sp³-hybridized carbons (Fsp3) is 0.424. The molecule has 0 aliphatic carbocycles. The molecule has 3 rings (SSSR count). The molecule has 3 aromatic rings. The first-order chi connectivity index (χ1) is 20.7. The summed E-state index contributed by atoms with van der Waals surface area (Å²) in [6.45, 7) is 6.06. The number of nitrogens with one attached hydrogen (secondary N) is 1. The number of carbonyl (C=O) groups is 1. The van der Waals surface area contributed by atoms with Crippen LogP contribution in [0.2, 0.25) is 0 Å². The summed E-state index contributed by atoms with van der Waals surface area (Å²) in [6, 6.07) is 17.7. The summed E-state index contributed by atoms with van der Waals surface area (Å²) >= 11 is 0. The van der Waals surface area contributed by atoms with Crippen LogP contribution in [-0.4, -0.2) is 64.4 Å². The Morgan fingerprint density at radius 1 is 0.930 bits per heavy atom. The third kappa shape index (κ3) is 9.60. The minimum atomic E-state index is -0.580. The van der Waals surface area contributed by atoms with Gasteiger partial charge in [0, 0.05) is 24.5 Å². The SMILES string of the molecule is COc1ccc(CCN(C)CCCC(C#N)(c2ccc(OC)c(OC)c2)C(C)C)cc1OC.NNC(=O)c1ccncc1. The molecule has 10 nitrogen and oxygen atoms in total. The summed E-state index contributed by atoms with van der Waals surface area (Å²) in [4.78, 5) is 16.8. The zero-order chi connectivity index (χ0) is 31.8. The molecule has 1 aromatic heterocycles. The van der Waals surface area contributed by atoms with Crippen molar-refractivity contribution in [1.82, 2.24) is 15.3 Å². The number of nitriles is 1. The number of benzene rings is 2. The molecule has 43 heavy (non-hydrogen) atoms. The van der Waals surface area contributed by atoms with Crippen LogP contribution in [0.3, 0.4) is 0 Å². The van der Waals surface area contributed by atoms with Gasteiger partial charge in [-0.1, -0.05) is 26.0 Å². The van der Waals surface area contributed by atoms with Crippen LogP contribution in [0.5, 0.6) is 23.0 Å². The Bertz CT molecular complexity index is 1330. The molecule has 1 heterocycles. The largest absolute Gasteiger partial charge is 0.493 e. The Kier molecular flexibility index (Phi) is 14.3. The third-order valence-electron chi connectivity index (χ3n) is 7.50. The van der Waals surface area contributed by atoms with Crippen LogP contribution >= 0.6 is 0 Å². The Hall–Kier alpha value is -4.33. The van der Waals surface area contributed by atoms with Crippen LogP contribution in [0.15, 0.2) is 60.9 Å². The van der Waals surface area contributed by atoms with Gasteiger partial charge in [0.2, 0.25) is 0 Å². The second-order valence-corrected chi connectivity index (χ2v) is 10.4. The van der Waals surface area contributed by atoms with E-state index in [0.29, 0.717) is 17.1 Å². The van der Waals surface area contributed by atoms with Crippen molar-refractivity contribution >= 4 is 5.91 Å². The average Bonchev–Trinajstić information content (AvgIpc) is 3.05. The van der Waals surface area contributed by atoms with Gasteiger partial charge in [-0.15, -0.1) is 0 Å². The lowest BCUT2D eigenvalue weighted by Crippen LogP contribution is -2.32. The second-order valence-electron chi connectivity index (χ2n) is 10.4. The smallest absolute Gasteiger partial charge is 0.265 e. The number of carbonyl (C=O) groups excluding carboxylic acids is 1. The van der Waals surface area contributed by atoms with Crippen LogP contribution in [0.1, 0.15) is 48.2 Å². The highest BCUT2D eigenvalue weighted by molar-refractivity contribution is 5.93. The molecule has 1 atom stereocenters. The molecule has 3 N–H and O–H groups in total. The van der Waals surface area contributed by atoms with Gasteiger partial charge in [-0.25, -0.2) is 5.84 Å². The predicted octanol–water partition coefficient (Wildman–Crippen LogP) is 4.78. The number of nitrogens with zero attached hydrogens (tertiary/aromatic N) is 3. The lowest BCUT2D eigenvalue weighted by molar-refractivity contribution is 0.0953. The molecule has 0 saturated carbocycles. The molecule has 0 aliphatic heterocycles. The van der Waals surface area contributed by atoms with E-state index in [1.807, 2.05) is 35.8 Å². The summed E-state index contributed by atoms with van der Waals surface area (Å²) in [5.74, 6) is 7.57. The van der Waals surface area contributed by atoms with Gasteiger partial charge in [0.15, 0.2) is 23.0 Å².